The maximum Gasteiger partial charge on any atom is 0.254 e. The van der Waals surface area contributed by atoms with Crippen molar-refractivity contribution in [2.24, 2.45) is 0 Å². The van der Waals surface area contributed by atoms with Crippen molar-refractivity contribution >= 4 is 5.91 Å². The van der Waals surface area contributed by atoms with Gasteiger partial charge >= 0.3 is 0 Å². The maximum atomic E-state index is 13.0. The summed E-state index contributed by atoms with van der Waals surface area (Å²) < 4.78 is 10.7. The highest BCUT2D eigenvalue weighted by molar-refractivity contribution is 5.95. The van der Waals surface area contributed by atoms with Crippen LogP contribution in [0, 0.1) is 0 Å². The zero-order valence-corrected chi connectivity index (χ0v) is 13.7. The highest BCUT2D eigenvalue weighted by Crippen LogP contribution is 2.35. The van der Waals surface area contributed by atoms with Crippen LogP contribution in [0.3, 0.4) is 0 Å². The minimum Gasteiger partial charge on any atom is -0.454 e. The Labute approximate surface area is 137 Å². The zero-order chi connectivity index (χ0) is 15.8. The molecular weight excluding hydrogens is 292 g/mol. The monoisotopic (exact) mass is 316 g/mol. The smallest absolute Gasteiger partial charge is 0.254 e. The Bertz CT molecular complexity index is 604. The Kier molecular flexibility index (Phi) is 3.89. The molecule has 0 bridgehead atoms. The molecule has 4 rings (SSSR count). The lowest BCUT2D eigenvalue weighted by Gasteiger charge is -2.34. The van der Waals surface area contributed by atoms with E-state index in [1.54, 1.807) is 0 Å². The molecule has 2 atom stereocenters. The molecule has 1 aromatic rings. The molecule has 0 aromatic heterocycles. The summed E-state index contributed by atoms with van der Waals surface area (Å²) >= 11 is 0. The van der Waals surface area contributed by atoms with Gasteiger partial charge in [-0.15, -0.1) is 0 Å². The molecule has 0 saturated carbocycles. The number of carbonyl (C=O) groups is 1. The lowest BCUT2D eigenvalue weighted by Crippen LogP contribution is -2.48. The van der Waals surface area contributed by atoms with Crippen LogP contribution in [-0.2, 0) is 0 Å². The van der Waals surface area contributed by atoms with Gasteiger partial charge in [-0.05, 0) is 57.0 Å². The zero-order valence-electron chi connectivity index (χ0n) is 13.7. The van der Waals surface area contributed by atoms with E-state index in [0.29, 0.717) is 23.4 Å². The minimum absolute atomic E-state index is 0.133. The van der Waals surface area contributed by atoms with Gasteiger partial charge < -0.3 is 14.4 Å². The molecule has 0 N–H and O–H groups in total. The second kappa shape index (κ2) is 6.04. The second-order valence-electron chi connectivity index (χ2n) is 6.61. The molecule has 124 valence electrons. The van der Waals surface area contributed by atoms with E-state index in [1.807, 2.05) is 18.2 Å². The molecule has 0 aliphatic carbocycles. The van der Waals surface area contributed by atoms with E-state index < -0.39 is 0 Å². The van der Waals surface area contributed by atoms with E-state index >= 15 is 0 Å². The number of hydrogen-bond donors (Lipinski definition) is 0. The third-order valence-corrected chi connectivity index (χ3v) is 5.44. The topological polar surface area (TPSA) is 42.0 Å². The predicted molar refractivity (Wildman–Crippen MR) is 86.9 cm³/mol. The fourth-order valence-corrected chi connectivity index (χ4v) is 4.32. The Morgan fingerprint density at radius 2 is 1.91 bits per heavy atom. The van der Waals surface area contributed by atoms with Gasteiger partial charge in [-0.1, -0.05) is 6.92 Å². The number of hydrogen-bond acceptors (Lipinski definition) is 4. The van der Waals surface area contributed by atoms with Crippen LogP contribution in [0.4, 0.5) is 0 Å². The summed E-state index contributed by atoms with van der Waals surface area (Å²) in [6, 6.07) is 6.41. The van der Waals surface area contributed by atoms with E-state index in [4.69, 9.17) is 9.47 Å². The molecule has 0 radical (unpaired) electrons. The van der Waals surface area contributed by atoms with E-state index in [9.17, 15) is 4.79 Å². The Morgan fingerprint density at radius 1 is 1.13 bits per heavy atom. The van der Waals surface area contributed by atoms with Gasteiger partial charge in [0, 0.05) is 24.2 Å². The Morgan fingerprint density at radius 3 is 2.78 bits per heavy atom. The molecule has 2 fully saturated rings. The number of ether oxygens (including phenoxy) is 2. The van der Waals surface area contributed by atoms with Crippen LogP contribution in [0.25, 0.3) is 0 Å². The third-order valence-electron chi connectivity index (χ3n) is 5.44. The first-order valence-corrected chi connectivity index (χ1v) is 8.72. The van der Waals surface area contributed by atoms with Gasteiger partial charge in [0.25, 0.3) is 5.91 Å². The van der Waals surface area contributed by atoms with Crippen molar-refractivity contribution in [3.63, 3.8) is 0 Å². The number of likely N-dealkylation sites (tertiary alicyclic amines) is 2. The van der Waals surface area contributed by atoms with Gasteiger partial charge in [0.1, 0.15) is 0 Å². The van der Waals surface area contributed by atoms with Crippen LogP contribution >= 0.6 is 0 Å². The Balaban J connectivity index is 1.55. The molecule has 0 unspecified atom stereocenters. The summed E-state index contributed by atoms with van der Waals surface area (Å²) in [6.45, 7) is 5.58. The van der Waals surface area contributed by atoms with E-state index in [0.717, 1.165) is 31.7 Å². The van der Waals surface area contributed by atoms with Crippen LogP contribution in [-0.4, -0.2) is 54.2 Å². The summed E-state index contributed by atoms with van der Waals surface area (Å²) in [5.74, 6) is 1.55. The van der Waals surface area contributed by atoms with Crippen molar-refractivity contribution in [3.05, 3.63) is 23.8 Å². The van der Waals surface area contributed by atoms with Crippen molar-refractivity contribution in [3.8, 4) is 11.5 Å². The van der Waals surface area contributed by atoms with Crippen LogP contribution in [0.2, 0.25) is 0 Å². The summed E-state index contributed by atoms with van der Waals surface area (Å²) in [5.41, 5.74) is 0.710. The quantitative estimate of drug-likeness (QED) is 0.859. The lowest BCUT2D eigenvalue weighted by atomic mass is 10.0. The molecule has 3 aliphatic heterocycles. The number of amides is 1. The molecule has 3 aliphatic rings. The molecule has 5 heteroatoms. The molecular formula is C18H24N2O3. The summed E-state index contributed by atoms with van der Waals surface area (Å²) in [4.78, 5) is 17.7. The largest absolute Gasteiger partial charge is 0.454 e. The first kappa shape index (κ1) is 14.8. The molecule has 3 heterocycles. The fraction of sp³-hybridized carbons (Fsp3) is 0.611. The van der Waals surface area contributed by atoms with E-state index in [2.05, 4.69) is 16.7 Å². The molecule has 1 aromatic carbocycles. The predicted octanol–water partition coefficient (Wildman–Crippen LogP) is 2.50. The van der Waals surface area contributed by atoms with Crippen molar-refractivity contribution in [2.45, 2.75) is 44.7 Å². The van der Waals surface area contributed by atoms with Gasteiger partial charge in [-0.25, -0.2) is 0 Å². The summed E-state index contributed by atoms with van der Waals surface area (Å²) in [5, 5.41) is 0. The summed E-state index contributed by atoms with van der Waals surface area (Å²) in [6.07, 6.45) is 4.69. The molecule has 2 saturated heterocycles. The van der Waals surface area contributed by atoms with Gasteiger partial charge in [0.15, 0.2) is 11.5 Å². The number of rotatable bonds is 3. The number of fused-ring (bicyclic) bond motifs is 1. The highest BCUT2D eigenvalue weighted by atomic mass is 16.7. The standard InChI is InChI=1S/C18H24N2O3/c1-2-19-9-3-5-14(19)15-6-4-10-20(15)18(21)13-7-8-16-17(11-13)23-12-22-16/h7-8,11,14-15H,2-6,9-10,12H2,1H3/t14-,15-/m1/s1. The van der Waals surface area contributed by atoms with Crippen molar-refractivity contribution in [1.29, 1.82) is 0 Å². The normalized spacial score (nSPS) is 26.9. The van der Waals surface area contributed by atoms with Gasteiger partial charge in [-0.3, -0.25) is 9.69 Å². The summed E-state index contributed by atoms with van der Waals surface area (Å²) in [7, 11) is 0. The molecule has 0 spiro atoms. The van der Waals surface area contributed by atoms with Crippen LogP contribution in [0.5, 0.6) is 11.5 Å². The fourth-order valence-electron chi connectivity index (χ4n) is 4.32. The number of likely N-dealkylation sites (N-methyl/N-ethyl adjacent to an activating group) is 1. The minimum atomic E-state index is 0.133. The first-order valence-electron chi connectivity index (χ1n) is 8.72. The van der Waals surface area contributed by atoms with Crippen LogP contribution < -0.4 is 9.47 Å². The number of benzene rings is 1. The first-order chi connectivity index (χ1) is 11.3. The lowest BCUT2D eigenvalue weighted by molar-refractivity contribution is 0.0649. The van der Waals surface area contributed by atoms with E-state index in [1.165, 1.54) is 19.4 Å². The molecule has 5 nitrogen and oxygen atoms in total. The van der Waals surface area contributed by atoms with Crippen molar-refractivity contribution in [1.82, 2.24) is 9.80 Å². The second-order valence-corrected chi connectivity index (χ2v) is 6.61. The molecule has 23 heavy (non-hydrogen) atoms. The maximum absolute atomic E-state index is 13.0. The van der Waals surface area contributed by atoms with Gasteiger partial charge in [-0.2, -0.15) is 0 Å². The van der Waals surface area contributed by atoms with E-state index in [-0.39, 0.29) is 12.7 Å². The number of carbonyl (C=O) groups excluding carboxylic acids is 1. The SMILES string of the molecule is CCN1CCC[C@@H]1[C@H]1CCCN1C(=O)c1ccc2c(c1)OCO2. The van der Waals surface area contributed by atoms with Crippen molar-refractivity contribution in [2.75, 3.05) is 26.4 Å². The van der Waals surface area contributed by atoms with Crippen molar-refractivity contribution < 1.29 is 14.3 Å². The van der Waals surface area contributed by atoms with Gasteiger partial charge in [0.2, 0.25) is 6.79 Å². The van der Waals surface area contributed by atoms with Crippen LogP contribution in [0.15, 0.2) is 18.2 Å². The van der Waals surface area contributed by atoms with Crippen LogP contribution in [0.1, 0.15) is 43.0 Å². The average molecular weight is 316 g/mol. The molecule has 1 amide bonds. The average Bonchev–Trinajstić information content (AvgIpc) is 3.30. The third kappa shape index (κ3) is 2.57. The number of nitrogens with zero attached hydrogens (tertiary/aromatic N) is 2. The van der Waals surface area contributed by atoms with Gasteiger partial charge in [0.05, 0.1) is 0 Å². The Hall–Kier alpha value is -1.75. The highest BCUT2D eigenvalue weighted by Gasteiger charge is 2.39.